The van der Waals surface area contributed by atoms with Crippen LogP contribution in [0.4, 0.5) is 0 Å². The maximum Gasteiger partial charge on any atom is 0.129 e. The molecule has 1 aromatic rings. The van der Waals surface area contributed by atoms with Crippen molar-refractivity contribution in [2.45, 2.75) is 6.42 Å². The lowest BCUT2D eigenvalue weighted by Crippen LogP contribution is -1.73. The molecule has 0 radical (unpaired) electrons. The molecule has 0 aliphatic heterocycles. The zero-order chi connectivity index (χ0) is 9.68. The van der Waals surface area contributed by atoms with E-state index < -0.39 is 0 Å². The molecule has 0 aliphatic rings. The van der Waals surface area contributed by atoms with E-state index in [2.05, 4.69) is 15.9 Å². The highest BCUT2D eigenvalue weighted by Gasteiger charge is 1.95. The molecule has 0 amide bonds. The van der Waals surface area contributed by atoms with Crippen LogP contribution in [0.5, 0.6) is 5.75 Å². The number of rotatable bonds is 2. The molecule has 0 unspecified atom stereocenters. The number of halogens is 1. The number of nitriles is 1. The first-order valence-corrected chi connectivity index (χ1v) is 4.55. The van der Waals surface area contributed by atoms with Gasteiger partial charge in [0.2, 0.25) is 0 Å². The fourth-order valence-corrected chi connectivity index (χ4v) is 1.27. The molecule has 0 spiro atoms. The summed E-state index contributed by atoms with van der Waals surface area (Å²) in [6.07, 6.45) is 4.02. The Balaban J connectivity index is 2.81. The number of hydrogen-bond acceptors (Lipinski definition) is 2. The lowest BCUT2D eigenvalue weighted by Gasteiger charge is -1.97. The van der Waals surface area contributed by atoms with Crippen molar-refractivity contribution in [1.29, 1.82) is 5.26 Å². The van der Waals surface area contributed by atoms with Crippen molar-refractivity contribution in [2.24, 2.45) is 0 Å². The number of benzene rings is 1. The first-order chi connectivity index (χ1) is 6.24. The monoisotopic (exact) mass is 237 g/mol. The van der Waals surface area contributed by atoms with Crippen LogP contribution in [0.1, 0.15) is 12.0 Å². The van der Waals surface area contributed by atoms with Gasteiger partial charge in [-0.2, -0.15) is 5.26 Å². The number of phenols is 1. The van der Waals surface area contributed by atoms with Gasteiger partial charge in [0.25, 0.3) is 0 Å². The molecule has 0 fully saturated rings. The molecule has 1 rings (SSSR count). The Kier molecular flexibility index (Phi) is 3.53. The van der Waals surface area contributed by atoms with Crippen molar-refractivity contribution in [1.82, 2.24) is 0 Å². The summed E-state index contributed by atoms with van der Waals surface area (Å²) in [6, 6.07) is 7.20. The molecular weight excluding hydrogens is 230 g/mol. The van der Waals surface area contributed by atoms with E-state index in [0.717, 1.165) is 5.56 Å². The van der Waals surface area contributed by atoms with E-state index in [-0.39, 0.29) is 5.75 Å². The molecule has 2 nitrogen and oxygen atoms in total. The SMILES string of the molecule is N#CCC=Cc1ccc(O)c(Br)c1. The molecule has 0 heterocycles. The minimum absolute atomic E-state index is 0.220. The summed E-state index contributed by atoms with van der Waals surface area (Å²) in [7, 11) is 0. The second-order valence-corrected chi connectivity index (χ2v) is 3.33. The molecule has 66 valence electrons. The van der Waals surface area contributed by atoms with E-state index in [1.165, 1.54) is 0 Å². The van der Waals surface area contributed by atoms with Gasteiger partial charge < -0.3 is 5.11 Å². The van der Waals surface area contributed by atoms with Crippen molar-refractivity contribution in [3.05, 3.63) is 34.3 Å². The van der Waals surface area contributed by atoms with E-state index >= 15 is 0 Å². The minimum Gasteiger partial charge on any atom is -0.507 e. The third kappa shape index (κ3) is 2.92. The van der Waals surface area contributed by atoms with Crippen LogP contribution in [0.15, 0.2) is 28.7 Å². The number of phenolic OH excluding ortho intramolecular Hbond substituents is 1. The Morgan fingerprint density at radius 2 is 2.31 bits per heavy atom. The van der Waals surface area contributed by atoms with Crippen LogP contribution in [0.2, 0.25) is 0 Å². The lowest BCUT2D eigenvalue weighted by molar-refractivity contribution is 0.472. The van der Waals surface area contributed by atoms with E-state index in [0.29, 0.717) is 10.9 Å². The summed E-state index contributed by atoms with van der Waals surface area (Å²) in [5.74, 6) is 0.220. The van der Waals surface area contributed by atoms with Crippen LogP contribution in [-0.4, -0.2) is 5.11 Å². The Morgan fingerprint density at radius 1 is 1.54 bits per heavy atom. The first kappa shape index (κ1) is 9.82. The van der Waals surface area contributed by atoms with Crippen LogP contribution in [0.25, 0.3) is 6.08 Å². The fourth-order valence-electron chi connectivity index (χ4n) is 0.875. The number of allylic oxidation sites excluding steroid dienone is 1. The Labute approximate surface area is 85.3 Å². The molecule has 0 saturated carbocycles. The van der Waals surface area contributed by atoms with Gasteiger partial charge in [0.05, 0.1) is 17.0 Å². The van der Waals surface area contributed by atoms with Crippen molar-refractivity contribution < 1.29 is 5.11 Å². The van der Waals surface area contributed by atoms with Gasteiger partial charge in [0, 0.05) is 0 Å². The molecule has 0 bridgehead atoms. The molecule has 0 saturated heterocycles. The Hall–Kier alpha value is -1.27. The standard InChI is InChI=1S/C10H8BrNO/c11-9-7-8(3-1-2-6-12)4-5-10(9)13/h1,3-5,7,13H,2H2. The third-order valence-corrected chi connectivity index (χ3v) is 2.13. The highest BCUT2D eigenvalue weighted by Crippen LogP contribution is 2.24. The topological polar surface area (TPSA) is 44.0 Å². The minimum atomic E-state index is 0.220. The number of aromatic hydroxyl groups is 1. The first-order valence-electron chi connectivity index (χ1n) is 3.76. The van der Waals surface area contributed by atoms with Gasteiger partial charge in [-0.1, -0.05) is 18.2 Å². The maximum atomic E-state index is 9.19. The van der Waals surface area contributed by atoms with Crippen LogP contribution < -0.4 is 0 Å². The summed E-state index contributed by atoms with van der Waals surface area (Å²) in [5.41, 5.74) is 0.958. The van der Waals surface area contributed by atoms with Gasteiger partial charge in [-0.25, -0.2) is 0 Å². The van der Waals surface area contributed by atoms with Crippen LogP contribution in [-0.2, 0) is 0 Å². The third-order valence-electron chi connectivity index (χ3n) is 1.49. The van der Waals surface area contributed by atoms with Crippen LogP contribution in [0.3, 0.4) is 0 Å². The molecule has 0 atom stereocenters. The zero-order valence-corrected chi connectivity index (χ0v) is 8.45. The predicted octanol–water partition coefficient (Wildman–Crippen LogP) is 3.08. The predicted molar refractivity (Wildman–Crippen MR) is 55.1 cm³/mol. The summed E-state index contributed by atoms with van der Waals surface area (Å²) >= 11 is 3.21. The Morgan fingerprint density at radius 3 is 2.92 bits per heavy atom. The van der Waals surface area contributed by atoms with Gasteiger partial charge in [-0.05, 0) is 33.6 Å². The van der Waals surface area contributed by atoms with Crippen molar-refractivity contribution in [3.8, 4) is 11.8 Å². The van der Waals surface area contributed by atoms with E-state index in [9.17, 15) is 5.11 Å². The summed E-state index contributed by atoms with van der Waals surface area (Å²) < 4.78 is 0.659. The largest absolute Gasteiger partial charge is 0.507 e. The second kappa shape index (κ2) is 4.68. The molecule has 1 N–H and O–H groups in total. The summed E-state index contributed by atoms with van der Waals surface area (Å²) in [4.78, 5) is 0. The number of nitrogens with zero attached hydrogens (tertiary/aromatic N) is 1. The zero-order valence-electron chi connectivity index (χ0n) is 6.87. The summed E-state index contributed by atoms with van der Waals surface area (Å²) in [6.45, 7) is 0. The quantitative estimate of drug-likeness (QED) is 0.860. The molecular formula is C10H8BrNO. The van der Waals surface area contributed by atoms with Crippen molar-refractivity contribution in [2.75, 3.05) is 0 Å². The van der Waals surface area contributed by atoms with Gasteiger partial charge in [-0.15, -0.1) is 0 Å². The molecule has 0 aromatic heterocycles. The highest BCUT2D eigenvalue weighted by atomic mass is 79.9. The lowest BCUT2D eigenvalue weighted by atomic mass is 10.2. The molecule has 1 aromatic carbocycles. The Bertz CT molecular complexity index is 366. The highest BCUT2D eigenvalue weighted by molar-refractivity contribution is 9.10. The van der Waals surface area contributed by atoms with Gasteiger partial charge in [-0.3, -0.25) is 0 Å². The molecule has 0 aliphatic carbocycles. The average molecular weight is 238 g/mol. The van der Waals surface area contributed by atoms with Gasteiger partial charge in [0.1, 0.15) is 5.75 Å². The summed E-state index contributed by atoms with van der Waals surface area (Å²) in [5, 5.41) is 17.5. The van der Waals surface area contributed by atoms with E-state index in [1.807, 2.05) is 12.1 Å². The van der Waals surface area contributed by atoms with E-state index in [1.54, 1.807) is 24.3 Å². The van der Waals surface area contributed by atoms with Gasteiger partial charge >= 0.3 is 0 Å². The molecule has 3 heteroatoms. The van der Waals surface area contributed by atoms with Gasteiger partial charge in [0.15, 0.2) is 0 Å². The fraction of sp³-hybridized carbons (Fsp3) is 0.100. The van der Waals surface area contributed by atoms with Crippen molar-refractivity contribution >= 4 is 22.0 Å². The second-order valence-electron chi connectivity index (χ2n) is 2.48. The van der Waals surface area contributed by atoms with Crippen molar-refractivity contribution in [3.63, 3.8) is 0 Å². The maximum absolute atomic E-state index is 9.19. The normalized spacial score (nSPS) is 10.2. The van der Waals surface area contributed by atoms with Crippen LogP contribution in [0, 0.1) is 11.3 Å². The molecule has 13 heavy (non-hydrogen) atoms. The number of hydrogen-bond donors (Lipinski definition) is 1. The average Bonchev–Trinajstić information content (AvgIpc) is 2.12. The van der Waals surface area contributed by atoms with Crippen LogP contribution >= 0.6 is 15.9 Å². The van der Waals surface area contributed by atoms with E-state index in [4.69, 9.17) is 5.26 Å². The smallest absolute Gasteiger partial charge is 0.129 e.